The number of nitrogens with zero attached hydrogens (tertiary/aromatic N) is 3. The molecule has 1 amide bonds. The maximum absolute atomic E-state index is 12.5. The van der Waals surface area contributed by atoms with E-state index in [1.165, 1.54) is 0 Å². The maximum atomic E-state index is 12.5. The van der Waals surface area contributed by atoms with Gasteiger partial charge in [0.2, 0.25) is 0 Å². The zero-order valence-electron chi connectivity index (χ0n) is 18.4. The molecule has 4 aromatic rings. The molecule has 0 unspecified atom stereocenters. The van der Waals surface area contributed by atoms with Gasteiger partial charge in [0.25, 0.3) is 16.1 Å². The lowest BCUT2D eigenvalue weighted by atomic mass is 9.93. The minimum Gasteiger partial charge on any atom is -0.349 e. The Morgan fingerprint density at radius 1 is 1.18 bits per heavy atom. The van der Waals surface area contributed by atoms with Gasteiger partial charge in [-0.25, -0.2) is 9.97 Å². The van der Waals surface area contributed by atoms with Gasteiger partial charge in [-0.2, -0.15) is 13.1 Å². The first-order chi connectivity index (χ1) is 16.4. The number of hydrogen-bond donors (Lipinski definition) is 4. The highest BCUT2D eigenvalue weighted by Crippen LogP contribution is 2.24. The second-order valence-electron chi connectivity index (χ2n) is 8.32. The van der Waals surface area contributed by atoms with Crippen LogP contribution in [0.15, 0.2) is 61.3 Å². The van der Waals surface area contributed by atoms with Crippen molar-refractivity contribution in [1.82, 2.24) is 29.4 Å². The first kappa shape index (κ1) is 22.1. The summed E-state index contributed by atoms with van der Waals surface area (Å²) in [5, 5.41) is 3.04. The topological polar surface area (TPSA) is 133 Å². The molecule has 176 valence electrons. The molecule has 3 heterocycles. The molecule has 0 radical (unpaired) electrons. The molecule has 1 aliphatic carbocycles. The van der Waals surface area contributed by atoms with Crippen LogP contribution in [0.1, 0.15) is 35.3 Å². The van der Waals surface area contributed by atoms with Crippen LogP contribution in [0.5, 0.6) is 0 Å². The van der Waals surface area contributed by atoms with E-state index in [4.69, 9.17) is 0 Å². The fourth-order valence-corrected chi connectivity index (χ4v) is 4.64. The summed E-state index contributed by atoms with van der Waals surface area (Å²) in [5.41, 5.74) is 3.96. The van der Waals surface area contributed by atoms with Crippen LogP contribution in [0.3, 0.4) is 0 Å². The summed E-state index contributed by atoms with van der Waals surface area (Å²) < 4.78 is 31.7. The van der Waals surface area contributed by atoms with E-state index in [2.05, 4.69) is 29.7 Å². The van der Waals surface area contributed by atoms with Crippen molar-refractivity contribution in [2.45, 2.75) is 31.7 Å². The van der Waals surface area contributed by atoms with E-state index in [0.29, 0.717) is 29.0 Å². The molecule has 5 rings (SSSR count). The lowest BCUT2D eigenvalue weighted by molar-refractivity contribution is 0.0916. The number of amides is 1. The van der Waals surface area contributed by atoms with E-state index >= 15 is 0 Å². The summed E-state index contributed by atoms with van der Waals surface area (Å²) in [4.78, 5) is 23.9. The van der Waals surface area contributed by atoms with Gasteiger partial charge >= 0.3 is 0 Å². The van der Waals surface area contributed by atoms with E-state index in [9.17, 15) is 13.2 Å². The molecule has 1 saturated carbocycles. The Morgan fingerprint density at radius 2 is 2.06 bits per heavy atom. The Morgan fingerprint density at radius 3 is 2.82 bits per heavy atom. The largest absolute Gasteiger partial charge is 0.349 e. The van der Waals surface area contributed by atoms with Gasteiger partial charge in [-0.05, 0) is 43.5 Å². The third-order valence-corrected chi connectivity index (χ3v) is 6.89. The van der Waals surface area contributed by atoms with Crippen LogP contribution in [0.2, 0.25) is 0 Å². The average Bonchev–Trinajstić information content (AvgIpc) is 3.45. The molecular formula is C23H25N7O3S. The number of aromatic amines is 1. The second-order valence-corrected chi connectivity index (χ2v) is 9.82. The molecule has 0 aliphatic heterocycles. The monoisotopic (exact) mass is 479 g/mol. The number of H-pyrrole nitrogens is 1. The van der Waals surface area contributed by atoms with Crippen LogP contribution >= 0.6 is 0 Å². The lowest BCUT2D eigenvalue weighted by Gasteiger charge is -2.26. The molecule has 3 aromatic heterocycles. The maximum Gasteiger partial charge on any atom is 0.299 e. The van der Waals surface area contributed by atoms with E-state index in [-0.39, 0.29) is 18.5 Å². The van der Waals surface area contributed by atoms with Crippen LogP contribution in [-0.4, -0.2) is 46.3 Å². The SMILES string of the molecule is O=C(NC1CCC1)c1ccc2nc(-c3cccc(NS(=O)(=O)NCCc4cnc[nH]4)c3)cn2c1. The smallest absolute Gasteiger partial charge is 0.299 e. The zero-order chi connectivity index (χ0) is 23.5. The number of pyridine rings is 1. The fraction of sp³-hybridized carbons (Fsp3) is 0.261. The van der Waals surface area contributed by atoms with Crippen molar-refractivity contribution in [3.8, 4) is 11.3 Å². The summed E-state index contributed by atoms with van der Waals surface area (Å²) in [6.45, 7) is 0.236. The molecule has 11 heteroatoms. The van der Waals surface area contributed by atoms with Gasteiger partial charge in [-0.1, -0.05) is 12.1 Å². The molecule has 4 N–H and O–H groups in total. The molecular weight excluding hydrogens is 454 g/mol. The standard InChI is InChI=1S/C23H25N7O3S/c31-23(27-18-4-2-5-18)17-7-8-22-28-21(14-30(22)13-17)16-3-1-6-19(11-16)29-34(32,33)26-10-9-20-12-24-15-25-20/h1,3,6-8,11-15,18,26,29H,2,4-5,9-10H2,(H,24,25)(H,27,31). The zero-order valence-corrected chi connectivity index (χ0v) is 19.2. The van der Waals surface area contributed by atoms with Gasteiger partial charge in [0.15, 0.2) is 0 Å². The predicted molar refractivity (Wildman–Crippen MR) is 129 cm³/mol. The molecule has 1 aromatic carbocycles. The average molecular weight is 480 g/mol. The van der Waals surface area contributed by atoms with Gasteiger partial charge in [0.1, 0.15) is 5.65 Å². The number of carbonyl (C=O) groups is 1. The third-order valence-electron chi connectivity index (χ3n) is 5.81. The summed E-state index contributed by atoms with van der Waals surface area (Å²) in [6, 6.07) is 10.9. The van der Waals surface area contributed by atoms with Crippen LogP contribution in [0.4, 0.5) is 5.69 Å². The summed E-state index contributed by atoms with van der Waals surface area (Å²) >= 11 is 0. The van der Waals surface area contributed by atoms with Crippen molar-refractivity contribution in [1.29, 1.82) is 0 Å². The number of aromatic nitrogens is 4. The Balaban J connectivity index is 1.28. The fourth-order valence-electron chi connectivity index (χ4n) is 3.76. The van der Waals surface area contributed by atoms with Crippen LogP contribution in [-0.2, 0) is 16.6 Å². The van der Waals surface area contributed by atoms with Crippen molar-refractivity contribution in [3.63, 3.8) is 0 Å². The van der Waals surface area contributed by atoms with Gasteiger partial charge in [0.05, 0.1) is 23.3 Å². The Labute approximate surface area is 197 Å². The van der Waals surface area contributed by atoms with E-state index in [1.54, 1.807) is 53.5 Å². The van der Waals surface area contributed by atoms with Crippen molar-refractivity contribution < 1.29 is 13.2 Å². The molecule has 34 heavy (non-hydrogen) atoms. The minimum absolute atomic E-state index is 0.0849. The number of imidazole rings is 2. The number of fused-ring (bicyclic) bond motifs is 1. The van der Waals surface area contributed by atoms with Crippen molar-refractivity contribution in [2.24, 2.45) is 0 Å². The normalized spacial score (nSPS) is 14.1. The Bertz CT molecular complexity index is 1410. The molecule has 0 bridgehead atoms. The highest BCUT2D eigenvalue weighted by molar-refractivity contribution is 7.90. The van der Waals surface area contributed by atoms with Gasteiger partial charge in [-0.15, -0.1) is 0 Å². The van der Waals surface area contributed by atoms with Crippen LogP contribution in [0.25, 0.3) is 16.9 Å². The number of rotatable bonds is 9. The molecule has 10 nitrogen and oxygen atoms in total. The van der Waals surface area contributed by atoms with Gasteiger partial charge in [-0.3, -0.25) is 9.52 Å². The minimum atomic E-state index is -3.74. The van der Waals surface area contributed by atoms with E-state index in [1.807, 2.05) is 12.3 Å². The Kier molecular flexibility index (Phi) is 6.03. The number of anilines is 1. The van der Waals surface area contributed by atoms with Gasteiger partial charge < -0.3 is 14.7 Å². The summed E-state index contributed by atoms with van der Waals surface area (Å²) in [7, 11) is -3.74. The predicted octanol–water partition coefficient (Wildman–Crippen LogP) is 2.50. The Hall–Kier alpha value is -3.70. The molecule has 0 atom stereocenters. The summed E-state index contributed by atoms with van der Waals surface area (Å²) in [5.74, 6) is -0.0849. The number of hydrogen-bond acceptors (Lipinski definition) is 5. The van der Waals surface area contributed by atoms with E-state index < -0.39 is 10.2 Å². The van der Waals surface area contributed by atoms with Gasteiger partial charge in [0, 0.05) is 48.9 Å². The van der Waals surface area contributed by atoms with E-state index in [0.717, 1.165) is 30.5 Å². The third kappa shape index (κ3) is 5.10. The van der Waals surface area contributed by atoms with Crippen LogP contribution < -0.4 is 14.8 Å². The van der Waals surface area contributed by atoms with Crippen molar-refractivity contribution in [2.75, 3.05) is 11.3 Å². The molecule has 0 saturated heterocycles. The lowest BCUT2D eigenvalue weighted by Crippen LogP contribution is -2.39. The molecule has 1 aliphatic rings. The first-order valence-corrected chi connectivity index (χ1v) is 12.6. The molecule has 1 fully saturated rings. The summed E-state index contributed by atoms with van der Waals surface area (Å²) in [6.07, 6.45) is 10.5. The first-order valence-electron chi connectivity index (χ1n) is 11.1. The number of carbonyl (C=O) groups excluding carboxylic acids is 1. The number of benzene rings is 1. The van der Waals surface area contributed by atoms with Crippen LogP contribution in [0, 0.1) is 0 Å². The van der Waals surface area contributed by atoms with Crippen molar-refractivity contribution in [3.05, 3.63) is 72.6 Å². The second kappa shape index (κ2) is 9.27. The van der Waals surface area contributed by atoms with Crippen molar-refractivity contribution >= 4 is 27.5 Å². The molecule has 0 spiro atoms. The highest BCUT2D eigenvalue weighted by Gasteiger charge is 2.20. The quantitative estimate of drug-likeness (QED) is 0.293. The highest BCUT2D eigenvalue weighted by atomic mass is 32.2. The number of nitrogens with one attached hydrogen (secondary N) is 4.